The minimum atomic E-state index is 0.271. The van der Waals surface area contributed by atoms with Gasteiger partial charge in [-0.05, 0) is 44.4 Å². The van der Waals surface area contributed by atoms with Crippen LogP contribution in [-0.4, -0.2) is 19.2 Å². The first-order valence-electron chi connectivity index (χ1n) is 6.63. The molecule has 2 nitrogen and oxygen atoms in total. The molecule has 1 saturated heterocycles. The molecule has 0 spiro atoms. The molecular formula is C15H23NO. The normalized spacial score (nSPS) is 24.9. The van der Waals surface area contributed by atoms with Gasteiger partial charge in [-0.1, -0.05) is 30.7 Å². The second-order valence-corrected chi connectivity index (χ2v) is 5.00. The van der Waals surface area contributed by atoms with Crippen molar-refractivity contribution in [2.75, 3.05) is 13.2 Å². The van der Waals surface area contributed by atoms with Gasteiger partial charge in [0, 0.05) is 12.6 Å². The molecule has 0 radical (unpaired) electrons. The van der Waals surface area contributed by atoms with Gasteiger partial charge in [0.25, 0.3) is 0 Å². The van der Waals surface area contributed by atoms with Crippen LogP contribution in [0.2, 0.25) is 0 Å². The highest BCUT2D eigenvalue weighted by molar-refractivity contribution is 5.32. The van der Waals surface area contributed by atoms with Crippen LogP contribution in [0.25, 0.3) is 0 Å². The zero-order valence-electron chi connectivity index (χ0n) is 11.1. The van der Waals surface area contributed by atoms with Crippen LogP contribution in [0.3, 0.4) is 0 Å². The molecule has 2 atom stereocenters. The summed E-state index contributed by atoms with van der Waals surface area (Å²) >= 11 is 0. The molecule has 0 bridgehead atoms. The van der Waals surface area contributed by atoms with Gasteiger partial charge >= 0.3 is 0 Å². The lowest BCUT2D eigenvalue weighted by Gasteiger charge is -2.31. The third-order valence-electron chi connectivity index (χ3n) is 3.56. The molecule has 1 heterocycles. The molecule has 1 aliphatic heterocycles. The first kappa shape index (κ1) is 12.6. The van der Waals surface area contributed by atoms with E-state index in [4.69, 9.17) is 4.74 Å². The highest BCUT2D eigenvalue weighted by Crippen LogP contribution is 2.30. The van der Waals surface area contributed by atoms with Gasteiger partial charge in [0.15, 0.2) is 0 Å². The quantitative estimate of drug-likeness (QED) is 0.866. The molecule has 0 aliphatic carbocycles. The highest BCUT2D eigenvalue weighted by atomic mass is 16.5. The van der Waals surface area contributed by atoms with Gasteiger partial charge in [-0.3, -0.25) is 0 Å². The Kier molecular flexibility index (Phi) is 4.19. The molecule has 0 saturated carbocycles. The molecule has 94 valence electrons. The van der Waals surface area contributed by atoms with Gasteiger partial charge in [-0.2, -0.15) is 0 Å². The van der Waals surface area contributed by atoms with Crippen LogP contribution in [0, 0.1) is 13.8 Å². The van der Waals surface area contributed by atoms with Gasteiger partial charge < -0.3 is 10.1 Å². The van der Waals surface area contributed by atoms with E-state index < -0.39 is 0 Å². The van der Waals surface area contributed by atoms with Crippen LogP contribution in [0.5, 0.6) is 0 Å². The number of hydrogen-bond donors (Lipinski definition) is 1. The van der Waals surface area contributed by atoms with Crippen molar-refractivity contribution >= 4 is 0 Å². The second kappa shape index (κ2) is 5.65. The highest BCUT2D eigenvalue weighted by Gasteiger charge is 2.24. The average Bonchev–Trinajstić information content (AvgIpc) is 2.33. The Morgan fingerprint density at radius 2 is 2.18 bits per heavy atom. The molecule has 0 aromatic heterocycles. The molecule has 0 amide bonds. The first-order valence-corrected chi connectivity index (χ1v) is 6.63. The lowest BCUT2D eigenvalue weighted by atomic mass is 9.93. The molecule has 2 heteroatoms. The van der Waals surface area contributed by atoms with Crippen molar-refractivity contribution < 1.29 is 4.74 Å². The van der Waals surface area contributed by atoms with E-state index >= 15 is 0 Å². The molecular weight excluding hydrogens is 210 g/mol. The standard InChI is InChI=1S/C15H23NO/c1-4-16-13-7-8-17-15(10-13)14-9-11(2)5-6-12(14)3/h5-6,9,13,15-16H,4,7-8,10H2,1-3H3. The minimum Gasteiger partial charge on any atom is -0.373 e. The molecule has 1 N–H and O–H groups in total. The van der Waals surface area contributed by atoms with E-state index in [1.807, 2.05) is 0 Å². The van der Waals surface area contributed by atoms with E-state index in [2.05, 4.69) is 44.3 Å². The Balaban J connectivity index is 2.13. The number of nitrogens with one attached hydrogen (secondary N) is 1. The topological polar surface area (TPSA) is 21.3 Å². The van der Waals surface area contributed by atoms with Crippen molar-refractivity contribution in [1.29, 1.82) is 0 Å². The minimum absolute atomic E-state index is 0.271. The summed E-state index contributed by atoms with van der Waals surface area (Å²) in [5, 5.41) is 3.54. The first-order chi connectivity index (χ1) is 8.20. The number of rotatable bonds is 3. The molecule has 17 heavy (non-hydrogen) atoms. The maximum absolute atomic E-state index is 5.94. The van der Waals surface area contributed by atoms with Crippen LogP contribution in [0.1, 0.15) is 42.6 Å². The average molecular weight is 233 g/mol. The van der Waals surface area contributed by atoms with Gasteiger partial charge in [-0.15, -0.1) is 0 Å². The van der Waals surface area contributed by atoms with Gasteiger partial charge in [-0.25, -0.2) is 0 Å². The Bertz CT molecular complexity index is 373. The molecule has 1 aliphatic rings. The van der Waals surface area contributed by atoms with Gasteiger partial charge in [0.05, 0.1) is 6.10 Å². The second-order valence-electron chi connectivity index (χ2n) is 5.00. The number of benzene rings is 1. The summed E-state index contributed by atoms with van der Waals surface area (Å²) in [6.07, 6.45) is 2.50. The molecule has 2 unspecified atom stereocenters. The SMILES string of the molecule is CCNC1CCOC(c2cc(C)ccc2C)C1. The Labute approximate surface area is 104 Å². The molecule has 1 fully saturated rings. The van der Waals surface area contributed by atoms with Crippen molar-refractivity contribution in [2.24, 2.45) is 0 Å². The van der Waals surface area contributed by atoms with E-state index in [-0.39, 0.29) is 6.10 Å². The lowest BCUT2D eigenvalue weighted by molar-refractivity contribution is 0.000226. The predicted octanol–water partition coefficient (Wildman–Crippen LogP) is 3.13. The number of ether oxygens (including phenoxy) is 1. The van der Waals surface area contributed by atoms with Gasteiger partial charge in [0.2, 0.25) is 0 Å². The zero-order valence-corrected chi connectivity index (χ0v) is 11.1. The van der Waals surface area contributed by atoms with E-state index in [0.717, 1.165) is 26.0 Å². The predicted molar refractivity (Wildman–Crippen MR) is 71.3 cm³/mol. The summed E-state index contributed by atoms with van der Waals surface area (Å²) in [6.45, 7) is 8.41. The van der Waals surface area contributed by atoms with Crippen molar-refractivity contribution in [3.05, 3.63) is 34.9 Å². The fourth-order valence-electron chi connectivity index (χ4n) is 2.59. The zero-order chi connectivity index (χ0) is 12.3. The summed E-state index contributed by atoms with van der Waals surface area (Å²) in [7, 11) is 0. The van der Waals surface area contributed by atoms with Crippen molar-refractivity contribution in [3.63, 3.8) is 0 Å². The fraction of sp³-hybridized carbons (Fsp3) is 0.600. The third kappa shape index (κ3) is 3.08. The van der Waals surface area contributed by atoms with E-state index in [9.17, 15) is 0 Å². The van der Waals surface area contributed by atoms with Crippen LogP contribution in [0.4, 0.5) is 0 Å². The summed E-state index contributed by atoms with van der Waals surface area (Å²) in [4.78, 5) is 0. The fourth-order valence-corrected chi connectivity index (χ4v) is 2.59. The summed E-state index contributed by atoms with van der Waals surface area (Å²) < 4.78 is 5.94. The van der Waals surface area contributed by atoms with Crippen molar-refractivity contribution in [2.45, 2.75) is 45.8 Å². The molecule has 1 aromatic carbocycles. The number of aryl methyl sites for hydroxylation is 2. The van der Waals surface area contributed by atoms with Crippen molar-refractivity contribution in [3.8, 4) is 0 Å². The smallest absolute Gasteiger partial charge is 0.0842 e. The largest absolute Gasteiger partial charge is 0.373 e. The Hall–Kier alpha value is -0.860. The Morgan fingerprint density at radius 1 is 1.35 bits per heavy atom. The van der Waals surface area contributed by atoms with Gasteiger partial charge in [0.1, 0.15) is 0 Å². The van der Waals surface area contributed by atoms with E-state index in [1.54, 1.807) is 0 Å². The van der Waals surface area contributed by atoms with Crippen LogP contribution < -0.4 is 5.32 Å². The third-order valence-corrected chi connectivity index (χ3v) is 3.56. The summed E-state index contributed by atoms with van der Waals surface area (Å²) in [6, 6.07) is 7.25. The van der Waals surface area contributed by atoms with E-state index in [0.29, 0.717) is 6.04 Å². The van der Waals surface area contributed by atoms with E-state index in [1.165, 1.54) is 16.7 Å². The van der Waals surface area contributed by atoms with Crippen molar-refractivity contribution in [1.82, 2.24) is 5.32 Å². The summed E-state index contributed by atoms with van der Waals surface area (Å²) in [5.41, 5.74) is 4.03. The van der Waals surface area contributed by atoms with Crippen LogP contribution in [-0.2, 0) is 4.74 Å². The monoisotopic (exact) mass is 233 g/mol. The number of hydrogen-bond acceptors (Lipinski definition) is 2. The van der Waals surface area contributed by atoms with Crippen LogP contribution in [0.15, 0.2) is 18.2 Å². The maximum Gasteiger partial charge on any atom is 0.0842 e. The lowest BCUT2D eigenvalue weighted by Crippen LogP contribution is -2.36. The summed E-state index contributed by atoms with van der Waals surface area (Å²) in [5.74, 6) is 0. The Morgan fingerprint density at radius 3 is 2.94 bits per heavy atom. The molecule has 2 rings (SSSR count). The molecule has 1 aromatic rings. The van der Waals surface area contributed by atoms with Crippen LogP contribution >= 0.6 is 0 Å². The maximum atomic E-state index is 5.94.